The number of H-pyrrole nitrogens is 1. The first-order valence-corrected chi connectivity index (χ1v) is 7.48. The highest BCUT2D eigenvalue weighted by Crippen LogP contribution is 2.37. The van der Waals surface area contributed by atoms with Gasteiger partial charge in [0.2, 0.25) is 5.43 Å². The lowest BCUT2D eigenvalue weighted by molar-refractivity contribution is 0.315. The number of hydrogen-bond donors (Lipinski definition) is 1. The molecule has 23 heavy (non-hydrogen) atoms. The first-order chi connectivity index (χ1) is 11.2. The van der Waals surface area contributed by atoms with Crippen LogP contribution in [-0.4, -0.2) is 24.6 Å². The predicted octanol–water partition coefficient (Wildman–Crippen LogP) is 3.18. The average molecular weight is 329 g/mol. The van der Waals surface area contributed by atoms with Gasteiger partial charge in [-0.2, -0.15) is 5.26 Å². The number of pyridine rings is 1. The molecule has 0 unspecified atom stereocenters. The molecule has 1 heterocycles. The van der Waals surface area contributed by atoms with Crippen molar-refractivity contribution in [3.05, 3.63) is 46.2 Å². The quantitative estimate of drug-likeness (QED) is 0.589. The average Bonchev–Trinajstić information content (AvgIpc) is 2.59. The van der Waals surface area contributed by atoms with E-state index in [9.17, 15) is 4.79 Å². The van der Waals surface area contributed by atoms with Crippen molar-refractivity contribution in [2.24, 2.45) is 0 Å². The molecule has 6 heteroatoms. The van der Waals surface area contributed by atoms with Gasteiger partial charge in [0.1, 0.15) is 18.2 Å². The fourth-order valence-corrected chi connectivity index (χ4v) is 2.69. The summed E-state index contributed by atoms with van der Waals surface area (Å²) in [6.45, 7) is 0.374. The van der Waals surface area contributed by atoms with Gasteiger partial charge >= 0.3 is 0 Å². The minimum atomic E-state index is -0.287. The summed E-state index contributed by atoms with van der Waals surface area (Å²) >= 11 is 5.66. The Morgan fingerprint density at radius 1 is 1.22 bits per heavy atom. The molecule has 0 spiro atoms. The van der Waals surface area contributed by atoms with Gasteiger partial charge in [-0.25, -0.2) is 0 Å². The third kappa shape index (κ3) is 2.47. The number of alkyl halides is 1. The highest BCUT2D eigenvalue weighted by Gasteiger charge is 2.14. The minimum Gasteiger partial charge on any atom is -0.492 e. The lowest BCUT2D eigenvalue weighted by Gasteiger charge is -2.13. The van der Waals surface area contributed by atoms with Gasteiger partial charge in [-0.05, 0) is 24.3 Å². The normalized spacial score (nSPS) is 10.7. The monoisotopic (exact) mass is 328 g/mol. The Morgan fingerprint density at radius 2 is 1.96 bits per heavy atom. The van der Waals surface area contributed by atoms with E-state index < -0.39 is 0 Å². The van der Waals surface area contributed by atoms with E-state index in [1.807, 2.05) is 12.1 Å². The standard InChI is InChI=1S/C17H13ClN2O3/c1-22-17-12-2-3-13-15(20-9-10(8-19)16(13)21)11(12)4-5-14(17)23-7-6-18/h2-5,9H,6-7H2,1H3,(H,20,21). The number of nitrogens with one attached hydrogen (secondary N) is 1. The van der Waals surface area contributed by atoms with Crippen LogP contribution in [-0.2, 0) is 0 Å². The Balaban J connectivity index is 2.32. The zero-order valence-electron chi connectivity index (χ0n) is 12.4. The fourth-order valence-electron chi connectivity index (χ4n) is 2.61. The maximum absolute atomic E-state index is 12.3. The maximum Gasteiger partial charge on any atom is 0.207 e. The van der Waals surface area contributed by atoms with Gasteiger partial charge in [0, 0.05) is 22.4 Å². The topological polar surface area (TPSA) is 75.1 Å². The number of nitriles is 1. The Bertz CT molecular complexity index is 989. The van der Waals surface area contributed by atoms with E-state index in [2.05, 4.69) is 4.98 Å². The van der Waals surface area contributed by atoms with E-state index in [0.29, 0.717) is 34.9 Å². The third-order valence-electron chi connectivity index (χ3n) is 3.62. The molecule has 0 saturated heterocycles. The summed E-state index contributed by atoms with van der Waals surface area (Å²) in [5.41, 5.74) is 0.462. The second-order valence-corrected chi connectivity index (χ2v) is 5.24. The summed E-state index contributed by atoms with van der Waals surface area (Å²) < 4.78 is 11.1. The molecule has 0 saturated carbocycles. The number of benzene rings is 2. The number of aromatic amines is 1. The van der Waals surface area contributed by atoms with Crippen LogP contribution in [0.25, 0.3) is 21.7 Å². The van der Waals surface area contributed by atoms with Crippen LogP contribution in [0.4, 0.5) is 0 Å². The van der Waals surface area contributed by atoms with Crippen molar-refractivity contribution in [3.8, 4) is 17.6 Å². The van der Waals surface area contributed by atoms with Crippen molar-refractivity contribution in [1.82, 2.24) is 4.98 Å². The van der Waals surface area contributed by atoms with Crippen LogP contribution >= 0.6 is 11.6 Å². The summed E-state index contributed by atoms with van der Waals surface area (Å²) in [6.07, 6.45) is 1.43. The van der Waals surface area contributed by atoms with Crippen LogP contribution in [0.2, 0.25) is 0 Å². The molecule has 3 rings (SSSR count). The SMILES string of the molecule is COc1c(OCCCl)ccc2c1ccc1c(=O)c(C#N)c[nH]c12. The van der Waals surface area contributed by atoms with E-state index in [1.54, 1.807) is 25.3 Å². The molecule has 0 aliphatic carbocycles. The first-order valence-electron chi connectivity index (χ1n) is 6.95. The molecule has 0 radical (unpaired) electrons. The molecule has 0 atom stereocenters. The van der Waals surface area contributed by atoms with E-state index in [0.717, 1.165) is 10.8 Å². The molecular formula is C17H13ClN2O3. The van der Waals surface area contributed by atoms with Crippen molar-refractivity contribution >= 4 is 33.3 Å². The Hall–Kier alpha value is -2.71. The molecule has 1 N–H and O–H groups in total. The zero-order chi connectivity index (χ0) is 16.4. The van der Waals surface area contributed by atoms with E-state index in [1.165, 1.54) is 6.20 Å². The van der Waals surface area contributed by atoms with Crippen molar-refractivity contribution in [2.75, 3.05) is 19.6 Å². The van der Waals surface area contributed by atoms with Crippen molar-refractivity contribution < 1.29 is 9.47 Å². The molecule has 1 aromatic heterocycles. The molecule has 5 nitrogen and oxygen atoms in total. The molecule has 116 valence electrons. The van der Waals surface area contributed by atoms with E-state index >= 15 is 0 Å². The second kappa shape index (κ2) is 6.19. The molecule has 0 aliphatic rings. The lowest BCUT2D eigenvalue weighted by Crippen LogP contribution is -2.07. The maximum atomic E-state index is 12.3. The predicted molar refractivity (Wildman–Crippen MR) is 89.6 cm³/mol. The van der Waals surface area contributed by atoms with E-state index in [4.69, 9.17) is 26.3 Å². The van der Waals surface area contributed by atoms with Gasteiger partial charge in [0.25, 0.3) is 0 Å². The van der Waals surface area contributed by atoms with Crippen LogP contribution in [0.5, 0.6) is 11.5 Å². The molecule has 0 bridgehead atoms. The van der Waals surface area contributed by atoms with Crippen LogP contribution in [0, 0.1) is 11.3 Å². The Morgan fingerprint density at radius 3 is 2.65 bits per heavy atom. The van der Waals surface area contributed by atoms with Gasteiger partial charge in [-0.3, -0.25) is 4.79 Å². The van der Waals surface area contributed by atoms with Crippen LogP contribution in [0.3, 0.4) is 0 Å². The number of halogens is 1. The molecule has 0 amide bonds. The number of rotatable bonds is 4. The number of nitrogens with zero attached hydrogens (tertiary/aromatic N) is 1. The summed E-state index contributed by atoms with van der Waals surface area (Å²) in [6, 6.07) is 9.00. The van der Waals surface area contributed by atoms with Gasteiger partial charge in [-0.15, -0.1) is 11.6 Å². The second-order valence-electron chi connectivity index (χ2n) is 4.86. The van der Waals surface area contributed by atoms with Gasteiger partial charge in [0.15, 0.2) is 11.5 Å². The summed E-state index contributed by atoms with van der Waals surface area (Å²) in [5.74, 6) is 1.55. The summed E-state index contributed by atoms with van der Waals surface area (Å²) in [7, 11) is 1.56. The van der Waals surface area contributed by atoms with Crippen molar-refractivity contribution in [3.63, 3.8) is 0 Å². The van der Waals surface area contributed by atoms with Gasteiger partial charge in [0.05, 0.1) is 18.5 Å². The third-order valence-corrected chi connectivity index (χ3v) is 3.78. The molecular weight excluding hydrogens is 316 g/mol. The molecule has 2 aromatic carbocycles. The fraction of sp³-hybridized carbons (Fsp3) is 0.176. The Labute approximate surface area is 137 Å². The molecule has 0 fully saturated rings. The smallest absolute Gasteiger partial charge is 0.207 e. The zero-order valence-corrected chi connectivity index (χ0v) is 13.1. The van der Waals surface area contributed by atoms with Crippen molar-refractivity contribution in [2.45, 2.75) is 0 Å². The van der Waals surface area contributed by atoms with Crippen molar-refractivity contribution in [1.29, 1.82) is 5.26 Å². The molecule has 3 aromatic rings. The van der Waals surface area contributed by atoms with Crippen LogP contribution < -0.4 is 14.9 Å². The van der Waals surface area contributed by atoms with Crippen LogP contribution in [0.15, 0.2) is 35.3 Å². The minimum absolute atomic E-state index is 0.0888. The number of aromatic nitrogens is 1. The number of hydrogen-bond acceptors (Lipinski definition) is 4. The molecule has 0 aliphatic heterocycles. The Kier molecular flexibility index (Phi) is 4.09. The highest BCUT2D eigenvalue weighted by atomic mass is 35.5. The number of ether oxygens (including phenoxy) is 2. The van der Waals surface area contributed by atoms with E-state index in [-0.39, 0.29) is 11.0 Å². The lowest BCUT2D eigenvalue weighted by atomic mass is 10.0. The highest BCUT2D eigenvalue weighted by molar-refractivity contribution is 6.18. The first kappa shape index (κ1) is 15.2. The van der Waals surface area contributed by atoms with Gasteiger partial charge < -0.3 is 14.5 Å². The summed E-state index contributed by atoms with van der Waals surface area (Å²) in [4.78, 5) is 15.3. The summed E-state index contributed by atoms with van der Waals surface area (Å²) in [5, 5.41) is 11.1. The van der Waals surface area contributed by atoms with Crippen LogP contribution in [0.1, 0.15) is 5.56 Å². The van der Waals surface area contributed by atoms with Gasteiger partial charge in [-0.1, -0.05) is 0 Å². The largest absolute Gasteiger partial charge is 0.492 e. The number of methoxy groups -OCH3 is 1. The number of fused-ring (bicyclic) bond motifs is 3.